The topological polar surface area (TPSA) is 58.9 Å². The second-order valence-electron chi connectivity index (χ2n) is 4.28. The van der Waals surface area contributed by atoms with Gasteiger partial charge in [-0.25, -0.2) is 0 Å². The highest BCUT2D eigenvalue weighted by atomic mass is 32.2. The van der Waals surface area contributed by atoms with Crippen molar-refractivity contribution in [1.82, 2.24) is 0 Å². The monoisotopic (exact) mass is 286 g/mol. The molecule has 0 aliphatic heterocycles. The second-order valence-corrected chi connectivity index (χ2v) is 5.37. The van der Waals surface area contributed by atoms with E-state index < -0.39 is 12.2 Å². The minimum Gasteiger partial charge on any atom is -0.390 e. The molecule has 0 saturated carbocycles. The molecule has 0 aliphatic rings. The molecule has 4 nitrogen and oxygen atoms in total. The molecule has 0 aliphatic carbocycles. The fourth-order valence-electron chi connectivity index (χ4n) is 1.47. The van der Waals surface area contributed by atoms with E-state index in [-0.39, 0.29) is 0 Å². The Morgan fingerprint density at radius 1 is 1.26 bits per heavy atom. The molecule has 108 valence electrons. The number of rotatable bonds is 9. The van der Waals surface area contributed by atoms with E-state index in [1.165, 1.54) is 0 Å². The lowest BCUT2D eigenvalue weighted by Crippen LogP contribution is -2.19. The molecule has 19 heavy (non-hydrogen) atoms. The zero-order valence-corrected chi connectivity index (χ0v) is 12.2. The third-order valence-corrected chi connectivity index (χ3v) is 3.66. The number of benzene rings is 1. The van der Waals surface area contributed by atoms with Crippen LogP contribution in [0.5, 0.6) is 0 Å². The van der Waals surface area contributed by atoms with E-state index in [4.69, 9.17) is 9.47 Å². The SMILES string of the molecule is COCCOCC(O)CSc1cccc(C(C)O)c1. The lowest BCUT2D eigenvalue weighted by molar-refractivity contribution is 0.0218. The van der Waals surface area contributed by atoms with Crippen molar-refractivity contribution in [2.45, 2.75) is 24.0 Å². The maximum absolute atomic E-state index is 9.75. The van der Waals surface area contributed by atoms with Gasteiger partial charge in [0.2, 0.25) is 0 Å². The highest BCUT2D eigenvalue weighted by molar-refractivity contribution is 7.99. The minimum atomic E-state index is -0.503. The van der Waals surface area contributed by atoms with E-state index in [0.29, 0.717) is 25.6 Å². The van der Waals surface area contributed by atoms with Gasteiger partial charge in [-0.1, -0.05) is 12.1 Å². The lowest BCUT2D eigenvalue weighted by atomic mass is 10.1. The van der Waals surface area contributed by atoms with Crippen LogP contribution >= 0.6 is 11.8 Å². The predicted molar refractivity (Wildman–Crippen MR) is 76.5 cm³/mol. The number of methoxy groups -OCH3 is 1. The number of aliphatic hydroxyl groups is 2. The van der Waals surface area contributed by atoms with Crippen LogP contribution in [-0.4, -0.2) is 49.0 Å². The standard InChI is InChI=1S/C14H22O4S/c1-11(15)12-4-3-5-14(8-12)19-10-13(16)9-18-7-6-17-2/h3-5,8,11,13,15-16H,6-7,9-10H2,1-2H3. The summed E-state index contributed by atoms with van der Waals surface area (Å²) in [7, 11) is 1.62. The summed E-state index contributed by atoms with van der Waals surface area (Å²) in [5, 5.41) is 19.3. The first kappa shape index (κ1) is 16.5. The van der Waals surface area contributed by atoms with Crippen LogP contribution in [0.25, 0.3) is 0 Å². The van der Waals surface area contributed by atoms with Crippen LogP contribution in [0.2, 0.25) is 0 Å². The van der Waals surface area contributed by atoms with Gasteiger partial charge in [0.1, 0.15) is 0 Å². The largest absolute Gasteiger partial charge is 0.390 e. The third-order valence-electron chi connectivity index (χ3n) is 2.52. The summed E-state index contributed by atoms with van der Waals surface area (Å²) in [6, 6.07) is 7.70. The highest BCUT2D eigenvalue weighted by Gasteiger charge is 2.07. The fraction of sp³-hybridized carbons (Fsp3) is 0.571. The van der Waals surface area contributed by atoms with E-state index in [1.807, 2.05) is 24.3 Å². The van der Waals surface area contributed by atoms with Crippen molar-refractivity contribution < 1.29 is 19.7 Å². The first-order valence-corrected chi connectivity index (χ1v) is 7.27. The number of hydrogen-bond donors (Lipinski definition) is 2. The minimum absolute atomic E-state index is 0.312. The summed E-state index contributed by atoms with van der Waals surface area (Å²) in [6.45, 7) is 3.08. The van der Waals surface area contributed by atoms with Crippen molar-refractivity contribution >= 4 is 11.8 Å². The zero-order valence-electron chi connectivity index (χ0n) is 11.4. The first-order valence-electron chi connectivity index (χ1n) is 6.29. The molecular formula is C14H22O4S. The number of aliphatic hydroxyl groups excluding tert-OH is 2. The highest BCUT2D eigenvalue weighted by Crippen LogP contribution is 2.22. The van der Waals surface area contributed by atoms with Gasteiger partial charge >= 0.3 is 0 Å². The van der Waals surface area contributed by atoms with Crippen LogP contribution in [-0.2, 0) is 9.47 Å². The maximum atomic E-state index is 9.75. The Labute approximate surface area is 118 Å². The van der Waals surface area contributed by atoms with Gasteiger partial charge in [-0.15, -0.1) is 11.8 Å². The molecule has 0 amide bonds. The lowest BCUT2D eigenvalue weighted by Gasteiger charge is -2.12. The fourth-order valence-corrected chi connectivity index (χ4v) is 2.34. The Balaban J connectivity index is 2.29. The van der Waals surface area contributed by atoms with Crippen molar-refractivity contribution in [3.8, 4) is 0 Å². The van der Waals surface area contributed by atoms with Gasteiger partial charge in [0, 0.05) is 17.8 Å². The molecule has 0 aromatic heterocycles. The van der Waals surface area contributed by atoms with Gasteiger partial charge in [0.05, 0.1) is 32.0 Å². The molecule has 2 unspecified atom stereocenters. The molecule has 1 rings (SSSR count). The van der Waals surface area contributed by atoms with Crippen LogP contribution in [0.15, 0.2) is 29.2 Å². The van der Waals surface area contributed by atoms with Crippen molar-refractivity contribution in [2.24, 2.45) is 0 Å². The molecule has 0 bridgehead atoms. The molecule has 1 aromatic rings. The second kappa shape index (κ2) is 9.34. The zero-order chi connectivity index (χ0) is 14.1. The molecule has 2 atom stereocenters. The van der Waals surface area contributed by atoms with E-state index in [2.05, 4.69) is 0 Å². The normalized spacial score (nSPS) is 14.3. The van der Waals surface area contributed by atoms with Gasteiger partial charge in [-0.3, -0.25) is 0 Å². The Kier molecular flexibility index (Phi) is 8.09. The average Bonchev–Trinajstić information content (AvgIpc) is 2.41. The van der Waals surface area contributed by atoms with Crippen LogP contribution in [0.3, 0.4) is 0 Å². The van der Waals surface area contributed by atoms with Crippen molar-refractivity contribution in [1.29, 1.82) is 0 Å². The maximum Gasteiger partial charge on any atom is 0.0867 e. The first-order chi connectivity index (χ1) is 9.13. The van der Waals surface area contributed by atoms with Crippen molar-refractivity contribution in [3.63, 3.8) is 0 Å². The van der Waals surface area contributed by atoms with Gasteiger partial charge in [0.15, 0.2) is 0 Å². The Morgan fingerprint density at radius 3 is 2.74 bits per heavy atom. The Hall–Kier alpha value is -0.590. The summed E-state index contributed by atoms with van der Waals surface area (Å²) < 4.78 is 10.1. The molecule has 2 N–H and O–H groups in total. The van der Waals surface area contributed by atoms with Crippen LogP contribution < -0.4 is 0 Å². The summed E-state index contributed by atoms with van der Waals surface area (Å²) in [6.07, 6.45) is -0.972. The number of ether oxygens (including phenoxy) is 2. The summed E-state index contributed by atoms with van der Waals surface area (Å²) >= 11 is 1.55. The van der Waals surface area contributed by atoms with Crippen molar-refractivity contribution in [2.75, 3.05) is 32.7 Å². The molecular weight excluding hydrogens is 264 g/mol. The van der Waals surface area contributed by atoms with Crippen LogP contribution in [0.1, 0.15) is 18.6 Å². The quantitative estimate of drug-likeness (QED) is 0.536. The van der Waals surface area contributed by atoms with E-state index >= 15 is 0 Å². The Morgan fingerprint density at radius 2 is 2.05 bits per heavy atom. The van der Waals surface area contributed by atoms with Gasteiger partial charge in [-0.05, 0) is 24.6 Å². The number of hydrogen-bond acceptors (Lipinski definition) is 5. The molecule has 0 saturated heterocycles. The Bertz CT molecular complexity index is 357. The van der Waals surface area contributed by atoms with E-state index in [1.54, 1.807) is 25.8 Å². The van der Waals surface area contributed by atoms with Gasteiger partial charge in [-0.2, -0.15) is 0 Å². The summed E-state index contributed by atoms with van der Waals surface area (Å²) in [5.74, 6) is 0.566. The van der Waals surface area contributed by atoms with Crippen molar-refractivity contribution in [3.05, 3.63) is 29.8 Å². The van der Waals surface area contributed by atoms with Crippen LogP contribution in [0, 0.1) is 0 Å². The average molecular weight is 286 g/mol. The number of thioether (sulfide) groups is 1. The molecule has 5 heteroatoms. The molecule has 0 radical (unpaired) electrons. The van der Waals surface area contributed by atoms with E-state index in [0.717, 1.165) is 10.5 Å². The van der Waals surface area contributed by atoms with E-state index in [9.17, 15) is 10.2 Å². The van der Waals surface area contributed by atoms with Crippen LogP contribution in [0.4, 0.5) is 0 Å². The van der Waals surface area contributed by atoms with Gasteiger partial charge in [0.25, 0.3) is 0 Å². The third kappa shape index (κ3) is 6.94. The molecule has 1 aromatic carbocycles. The smallest absolute Gasteiger partial charge is 0.0867 e. The summed E-state index contributed by atoms with van der Waals surface area (Å²) in [5.41, 5.74) is 0.885. The molecule has 0 spiro atoms. The molecule has 0 heterocycles. The summed E-state index contributed by atoms with van der Waals surface area (Å²) in [4.78, 5) is 1.04. The molecule has 0 fully saturated rings. The van der Waals surface area contributed by atoms with Gasteiger partial charge < -0.3 is 19.7 Å². The predicted octanol–water partition coefficient (Wildman–Crippen LogP) is 1.86.